The number of hydrogen-bond donors (Lipinski definition) is 2. The van der Waals surface area contributed by atoms with Crippen molar-refractivity contribution in [2.24, 2.45) is 5.92 Å². The molecular weight excluding hydrogens is 452 g/mol. The van der Waals surface area contributed by atoms with Crippen LogP contribution in [0.25, 0.3) is 10.8 Å². The number of phenols is 1. The summed E-state index contributed by atoms with van der Waals surface area (Å²) in [6, 6.07) is 12.5. The number of nitrogens with one attached hydrogen (secondary N) is 1. The monoisotopic (exact) mass is 488 g/mol. The lowest BCUT2D eigenvalue weighted by atomic mass is 10.00. The number of aromatic hydroxyl groups is 1. The highest BCUT2D eigenvalue weighted by atomic mass is 16.5. The summed E-state index contributed by atoms with van der Waals surface area (Å²) in [6.07, 6.45) is 3.28. The van der Waals surface area contributed by atoms with Gasteiger partial charge in [0, 0.05) is 67.9 Å². The third-order valence-electron chi connectivity index (χ3n) is 7.77. The van der Waals surface area contributed by atoms with E-state index in [1.807, 2.05) is 18.2 Å². The molecule has 0 saturated carbocycles. The molecule has 8 nitrogen and oxygen atoms in total. The molecular formula is C28H36N6O2. The van der Waals surface area contributed by atoms with Crippen LogP contribution < -0.4 is 19.9 Å². The molecule has 3 aliphatic rings. The number of aromatic nitrogens is 2. The van der Waals surface area contributed by atoms with Crippen LogP contribution in [0, 0.1) is 5.92 Å². The molecule has 1 atom stereocenters. The Bertz CT molecular complexity index is 1230. The second kappa shape index (κ2) is 10.1. The van der Waals surface area contributed by atoms with E-state index in [1.54, 1.807) is 0 Å². The topological polar surface area (TPSA) is 77.0 Å². The highest BCUT2D eigenvalue weighted by molar-refractivity contribution is 5.95. The number of piperazine rings is 1. The molecule has 0 amide bonds. The zero-order valence-electron chi connectivity index (χ0n) is 21.1. The maximum absolute atomic E-state index is 10.4. The minimum Gasteiger partial charge on any atom is -0.508 e. The van der Waals surface area contributed by atoms with Crippen molar-refractivity contribution < 1.29 is 9.84 Å². The summed E-state index contributed by atoms with van der Waals surface area (Å²) in [4.78, 5) is 17.0. The average Bonchev–Trinajstić information content (AvgIpc) is 2.91. The maximum atomic E-state index is 10.4. The molecule has 6 rings (SSSR count). The van der Waals surface area contributed by atoms with E-state index in [-0.39, 0.29) is 0 Å². The quantitative estimate of drug-likeness (QED) is 0.568. The molecule has 1 aromatic heterocycles. The standard InChI is InChI=1S/C28H36N6O2/c1-32-11-4-5-20(17-32)19-36-28-30-25-18-34(26-16-22(35)15-21-6-2-3-7-23(21)26)12-8-24(25)27(31-28)33-13-9-29-10-14-33/h2-3,6-7,15-16,20,29,35H,4-5,8-14,17-19H2,1H3/t20-/m1/s1. The first-order valence-corrected chi connectivity index (χ1v) is 13.3. The van der Waals surface area contributed by atoms with Gasteiger partial charge in [-0.1, -0.05) is 24.3 Å². The van der Waals surface area contributed by atoms with E-state index < -0.39 is 0 Å². The van der Waals surface area contributed by atoms with Crippen molar-refractivity contribution in [3.05, 3.63) is 47.7 Å². The lowest BCUT2D eigenvalue weighted by molar-refractivity contribution is 0.144. The number of fused-ring (bicyclic) bond motifs is 2. The van der Waals surface area contributed by atoms with Crippen LogP contribution in [0.5, 0.6) is 11.8 Å². The van der Waals surface area contributed by atoms with Gasteiger partial charge in [-0.2, -0.15) is 9.97 Å². The first-order chi connectivity index (χ1) is 17.6. The van der Waals surface area contributed by atoms with E-state index in [0.29, 0.717) is 30.8 Å². The van der Waals surface area contributed by atoms with Crippen molar-refractivity contribution in [1.82, 2.24) is 20.2 Å². The molecule has 0 radical (unpaired) electrons. The van der Waals surface area contributed by atoms with Crippen LogP contribution in [0.2, 0.25) is 0 Å². The Morgan fingerprint density at radius 3 is 2.78 bits per heavy atom. The first-order valence-electron chi connectivity index (χ1n) is 13.3. The van der Waals surface area contributed by atoms with Crippen molar-refractivity contribution in [3.8, 4) is 11.8 Å². The van der Waals surface area contributed by atoms with E-state index in [9.17, 15) is 5.11 Å². The molecule has 2 N–H and O–H groups in total. The molecule has 0 spiro atoms. The van der Waals surface area contributed by atoms with Crippen LogP contribution >= 0.6 is 0 Å². The third-order valence-corrected chi connectivity index (χ3v) is 7.77. The van der Waals surface area contributed by atoms with E-state index in [4.69, 9.17) is 14.7 Å². The number of benzene rings is 2. The second-order valence-corrected chi connectivity index (χ2v) is 10.4. The van der Waals surface area contributed by atoms with Crippen LogP contribution in [0.15, 0.2) is 36.4 Å². The van der Waals surface area contributed by atoms with Crippen molar-refractivity contribution >= 4 is 22.3 Å². The Morgan fingerprint density at radius 2 is 1.92 bits per heavy atom. The predicted molar refractivity (Wildman–Crippen MR) is 143 cm³/mol. The molecule has 2 fully saturated rings. The zero-order chi connectivity index (χ0) is 24.5. The van der Waals surface area contributed by atoms with Gasteiger partial charge < -0.3 is 29.9 Å². The smallest absolute Gasteiger partial charge is 0.318 e. The minimum absolute atomic E-state index is 0.292. The van der Waals surface area contributed by atoms with Crippen molar-refractivity contribution in [1.29, 1.82) is 0 Å². The molecule has 0 bridgehead atoms. The zero-order valence-corrected chi connectivity index (χ0v) is 21.1. The van der Waals surface area contributed by atoms with Crippen molar-refractivity contribution in [2.75, 3.05) is 69.3 Å². The molecule has 0 aliphatic carbocycles. The number of nitrogens with zero attached hydrogens (tertiary/aromatic N) is 5. The van der Waals surface area contributed by atoms with Gasteiger partial charge in [-0.3, -0.25) is 0 Å². The van der Waals surface area contributed by atoms with Gasteiger partial charge in [0.1, 0.15) is 11.6 Å². The number of ether oxygens (including phenoxy) is 1. The van der Waals surface area contributed by atoms with Gasteiger partial charge >= 0.3 is 6.01 Å². The molecule has 190 valence electrons. The molecule has 8 heteroatoms. The largest absolute Gasteiger partial charge is 0.508 e. The number of anilines is 2. The fraction of sp³-hybridized carbons (Fsp3) is 0.500. The van der Waals surface area contributed by atoms with Crippen LogP contribution in [-0.4, -0.2) is 79.4 Å². The van der Waals surface area contributed by atoms with E-state index in [2.05, 4.69) is 45.3 Å². The summed E-state index contributed by atoms with van der Waals surface area (Å²) in [6.45, 7) is 8.23. The van der Waals surface area contributed by atoms with Gasteiger partial charge in [0.25, 0.3) is 0 Å². The number of likely N-dealkylation sites (tertiary alicyclic amines) is 1. The third kappa shape index (κ3) is 4.80. The highest BCUT2D eigenvalue weighted by Crippen LogP contribution is 2.36. The van der Waals surface area contributed by atoms with Crippen LogP contribution in [0.1, 0.15) is 24.1 Å². The molecule has 0 unspecified atom stereocenters. The molecule has 2 aromatic carbocycles. The minimum atomic E-state index is 0.292. The fourth-order valence-electron chi connectivity index (χ4n) is 5.94. The van der Waals surface area contributed by atoms with E-state index >= 15 is 0 Å². The SMILES string of the molecule is CN1CCC[C@@H](COc2nc3c(c(N4CCNCC4)n2)CCN(c2cc(O)cc4ccccc24)C3)C1. The Hall–Kier alpha value is -3.10. The number of rotatable bonds is 5. The first kappa shape index (κ1) is 23.3. The van der Waals surface area contributed by atoms with Crippen molar-refractivity contribution in [2.45, 2.75) is 25.8 Å². The normalized spacial score (nSPS) is 21.0. The van der Waals surface area contributed by atoms with Crippen molar-refractivity contribution in [3.63, 3.8) is 0 Å². The predicted octanol–water partition coefficient (Wildman–Crippen LogP) is 3.03. The van der Waals surface area contributed by atoms with E-state index in [1.165, 1.54) is 24.9 Å². The molecule has 36 heavy (non-hydrogen) atoms. The summed E-state index contributed by atoms with van der Waals surface area (Å²) < 4.78 is 6.27. The molecule has 3 aliphatic heterocycles. The van der Waals surface area contributed by atoms with Gasteiger partial charge in [0.15, 0.2) is 0 Å². The molecule has 3 aromatic rings. The van der Waals surface area contributed by atoms with Crippen LogP contribution in [0.4, 0.5) is 11.5 Å². The number of phenolic OH excluding ortho intramolecular Hbond substituents is 1. The highest BCUT2D eigenvalue weighted by Gasteiger charge is 2.28. The number of piperidine rings is 1. The Labute approximate surface area is 212 Å². The fourth-order valence-corrected chi connectivity index (χ4v) is 5.94. The molecule has 4 heterocycles. The lowest BCUT2D eigenvalue weighted by Gasteiger charge is -2.35. The summed E-state index contributed by atoms with van der Waals surface area (Å²) >= 11 is 0. The average molecular weight is 489 g/mol. The lowest BCUT2D eigenvalue weighted by Crippen LogP contribution is -2.45. The summed E-state index contributed by atoms with van der Waals surface area (Å²) in [5.41, 5.74) is 3.32. The maximum Gasteiger partial charge on any atom is 0.318 e. The van der Waals surface area contributed by atoms with Crippen LogP contribution in [0.3, 0.4) is 0 Å². The van der Waals surface area contributed by atoms with Gasteiger partial charge in [-0.25, -0.2) is 0 Å². The van der Waals surface area contributed by atoms with Gasteiger partial charge in [-0.05, 0) is 44.3 Å². The van der Waals surface area contributed by atoms with Gasteiger partial charge in [0.2, 0.25) is 0 Å². The Kier molecular flexibility index (Phi) is 6.54. The summed E-state index contributed by atoms with van der Waals surface area (Å²) in [5, 5.41) is 16.1. The van der Waals surface area contributed by atoms with E-state index in [0.717, 1.165) is 73.7 Å². The van der Waals surface area contributed by atoms with Crippen LogP contribution in [-0.2, 0) is 13.0 Å². The molecule has 2 saturated heterocycles. The Balaban J connectivity index is 1.31. The summed E-state index contributed by atoms with van der Waals surface area (Å²) in [5.74, 6) is 1.85. The van der Waals surface area contributed by atoms with Gasteiger partial charge in [0.05, 0.1) is 18.8 Å². The van der Waals surface area contributed by atoms with Gasteiger partial charge in [-0.15, -0.1) is 0 Å². The summed E-state index contributed by atoms with van der Waals surface area (Å²) in [7, 11) is 2.18. The second-order valence-electron chi connectivity index (χ2n) is 10.4. The Morgan fingerprint density at radius 1 is 1.06 bits per heavy atom. The number of hydrogen-bond acceptors (Lipinski definition) is 8.